The Morgan fingerprint density at radius 1 is 1.26 bits per heavy atom. The molecular formula is C16H19BrN2O4. The SMILES string of the molecule is O=C(O)C1CCN(C(=O)NC2CCOc3ccc(Br)cc32)CC1. The molecule has 2 aliphatic heterocycles. The minimum atomic E-state index is -0.770. The van der Waals surface area contributed by atoms with Gasteiger partial charge in [-0.2, -0.15) is 0 Å². The first kappa shape index (κ1) is 16.1. The van der Waals surface area contributed by atoms with Crippen LogP contribution in [0, 0.1) is 5.92 Å². The van der Waals surface area contributed by atoms with Crippen LogP contribution in [0.5, 0.6) is 5.75 Å². The van der Waals surface area contributed by atoms with Crippen LogP contribution in [-0.4, -0.2) is 41.7 Å². The van der Waals surface area contributed by atoms with Gasteiger partial charge in [-0.25, -0.2) is 4.79 Å². The van der Waals surface area contributed by atoms with E-state index < -0.39 is 5.97 Å². The molecule has 1 aromatic carbocycles. The molecule has 0 aliphatic carbocycles. The van der Waals surface area contributed by atoms with Gasteiger partial charge in [0.2, 0.25) is 0 Å². The van der Waals surface area contributed by atoms with E-state index in [0.717, 1.165) is 22.2 Å². The van der Waals surface area contributed by atoms with Crippen molar-refractivity contribution in [3.05, 3.63) is 28.2 Å². The van der Waals surface area contributed by atoms with Crippen molar-refractivity contribution in [3.8, 4) is 5.75 Å². The molecule has 2 N–H and O–H groups in total. The van der Waals surface area contributed by atoms with Gasteiger partial charge >= 0.3 is 12.0 Å². The largest absolute Gasteiger partial charge is 0.493 e. The monoisotopic (exact) mass is 382 g/mol. The average molecular weight is 383 g/mol. The van der Waals surface area contributed by atoms with Crippen molar-refractivity contribution in [1.82, 2.24) is 10.2 Å². The molecule has 7 heteroatoms. The zero-order chi connectivity index (χ0) is 16.4. The molecule has 2 aliphatic rings. The molecule has 0 spiro atoms. The molecule has 1 unspecified atom stereocenters. The van der Waals surface area contributed by atoms with Gasteiger partial charge in [-0.05, 0) is 31.0 Å². The maximum absolute atomic E-state index is 12.5. The molecule has 1 atom stereocenters. The lowest BCUT2D eigenvalue weighted by Crippen LogP contribution is -2.47. The first-order valence-electron chi connectivity index (χ1n) is 7.75. The smallest absolute Gasteiger partial charge is 0.317 e. The van der Waals surface area contributed by atoms with Crippen molar-refractivity contribution in [2.75, 3.05) is 19.7 Å². The van der Waals surface area contributed by atoms with Crippen LogP contribution in [0.15, 0.2) is 22.7 Å². The third-order valence-electron chi connectivity index (χ3n) is 4.44. The summed E-state index contributed by atoms with van der Waals surface area (Å²) in [7, 11) is 0. The van der Waals surface area contributed by atoms with E-state index in [1.807, 2.05) is 18.2 Å². The number of hydrogen-bond acceptors (Lipinski definition) is 3. The van der Waals surface area contributed by atoms with Gasteiger partial charge in [-0.3, -0.25) is 4.79 Å². The fourth-order valence-corrected chi connectivity index (χ4v) is 3.46. The number of carboxylic acid groups (broad SMARTS) is 1. The Kier molecular flexibility index (Phi) is 4.75. The van der Waals surface area contributed by atoms with Gasteiger partial charge < -0.3 is 20.1 Å². The number of aliphatic carboxylic acids is 1. The number of hydrogen-bond donors (Lipinski definition) is 2. The summed E-state index contributed by atoms with van der Waals surface area (Å²) in [4.78, 5) is 25.1. The minimum absolute atomic E-state index is 0.0825. The fraction of sp³-hybridized carbons (Fsp3) is 0.500. The lowest BCUT2D eigenvalue weighted by molar-refractivity contribution is -0.143. The summed E-state index contributed by atoms with van der Waals surface area (Å²) < 4.78 is 6.57. The Morgan fingerprint density at radius 2 is 2.00 bits per heavy atom. The highest BCUT2D eigenvalue weighted by molar-refractivity contribution is 9.10. The number of ether oxygens (including phenoxy) is 1. The lowest BCUT2D eigenvalue weighted by atomic mass is 9.97. The molecular weight excluding hydrogens is 364 g/mol. The minimum Gasteiger partial charge on any atom is -0.493 e. The van der Waals surface area contributed by atoms with Crippen molar-refractivity contribution >= 4 is 27.9 Å². The number of carbonyl (C=O) groups excluding carboxylic acids is 1. The molecule has 0 aromatic heterocycles. The number of fused-ring (bicyclic) bond motifs is 1. The predicted octanol–water partition coefficient (Wildman–Crippen LogP) is 2.78. The maximum atomic E-state index is 12.5. The van der Waals surface area contributed by atoms with Crippen LogP contribution in [0.3, 0.4) is 0 Å². The van der Waals surface area contributed by atoms with Crippen molar-refractivity contribution < 1.29 is 19.4 Å². The molecule has 1 saturated heterocycles. The number of rotatable bonds is 2. The number of halogens is 1. The summed E-state index contributed by atoms with van der Waals surface area (Å²) in [5.41, 5.74) is 0.972. The summed E-state index contributed by atoms with van der Waals surface area (Å²) in [5.74, 6) is -0.304. The van der Waals surface area contributed by atoms with E-state index >= 15 is 0 Å². The number of urea groups is 1. The number of piperidine rings is 1. The number of nitrogens with one attached hydrogen (secondary N) is 1. The van der Waals surface area contributed by atoms with Crippen molar-refractivity contribution in [2.24, 2.45) is 5.92 Å². The number of likely N-dealkylation sites (tertiary alicyclic amines) is 1. The third-order valence-corrected chi connectivity index (χ3v) is 4.93. The number of carboxylic acids is 1. The van der Waals surface area contributed by atoms with Crippen molar-refractivity contribution in [2.45, 2.75) is 25.3 Å². The molecule has 1 aromatic rings. The van der Waals surface area contributed by atoms with Gasteiger partial charge in [0.05, 0.1) is 18.6 Å². The van der Waals surface area contributed by atoms with Crippen LogP contribution in [0.2, 0.25) is 0 Å². The zero-order valence-corrected chi connectivity index (χ0v) is 14.2. The van der Waals surface area contributed by atoms with Gasteiger partial charge in [0.1, 0.15) is 5.75 Å². The van der Waals surface area contributed by atoms with Crippen molar-refractivity contribution in [1.29, 1.82) is 0 Å². The van der Waals surface area contributed by atoms with Gasteiger partial charge in [0.25, 0.3) is 0 Å². The molecule has 6 nitrogen and oxygen atoms in total. The zero-order valence-electron chi connectivity index (χ0n) is 12.6. The Hall–Kier alpha value is -1.76. The van der Waals surface area contributed by atoms with Crippen LogP contribution in [0.1, 0.15) is 30.9 Å². The number of amides is 2. The van der Waals surface area contributed by atoms with E-state index in [1.54, 1.807) is 4.90 Å². The Morgan fingerprint density at radius 3 is 2.70 bits per heavy atom. The average Bonchev–Trinajstić information content (AvgIpc) is 2.55. The summed E-state index contributed by atoms with van der Waals surface area (Å²) in [5, 5.41) is 12.1. The second-order valence-corrected chi connectivity index (χ2v) is 6.84. The Labute approximate surface area is 142 Å². The normalized spacial score (nSPS) is 21.3. The van der Waals surface area contributed by atoms with Crippen LogP contribution in [0.25, 0.3) is 0 Å². The first-order valence-corrected chi connectivity index (χ1v) is 8.54. The summed E-state index contributed by atoms with van der Waals surface area (Å²) in [6.07, 6.45) is 1.75. The molecule has 23 heavy (non-hydrogen) atoms. The van der Waals surface area contributed by atoms with Gasteiger partial charge in [-0.1, -0.05) is 15.9 Å². The first-order chi connectivity index (χ1) is 11.0. The predicted molar refractivity (Wildman–Crippen MR) is 87.5 cm³/mol. The van der Waals surface area contributed by atoms with Crippen LogP contribution in [0.4, 0.5) is 4.79 Å². The maximum Gasteiger partial charge on any atom is 0.317 e. The highest BCUT2D eigenvalue weighted by atomic mass is 79.9. The van der Waals surface area contributed by atoms with Gasteiger partial charge in [0.15, 0.2) is 0 Å². The molecule has 0 radical (unpaired) electrons. The van der Waals surface area contributed by atoms with Crippen LogP contribution >= 0.6 is 15.9 Å². The van der Waals surface area contributed by atoms with E-state index in [1.165, 1.54) is 0 Å². The van der Waals surface area contributed by atoms with Crippen LogP contribution < -0.4 is 10.1 Å². The van der Waals surface area contributed by atoms with E-state index in [0.29, 0.717) is 32.5 Å². The van der Waals surface area contributed by atoms with Gasteiger partial charge in [-0.15, -0.1) is 0 Å². The van der Waals surface area contributed by atoms with E-state index in [2.05, 4.69) is 21.2 Å². The topological polar surface area (TPSA) is 78.9 Å². The number of benzene rings is 1. The van der Waals surface area contributed by atoms with Crippen molar-refractivity contribution in [3.63, 3.8) is 0 Å². The van der Waals surface area contributed by atoms with E-state index in [-0.39, 0.29) is 18.0 Å². The van der Waals surface area contributed by atoms with E-state index in [4.69, 9.17) is 9.84 Å². The second-order valence-electron chi connectivity index (χ2n) is 5.92. The molecule has 1 fully saturated rings. The van der Waals surface area contributed by atoms with Crippen LogP contribution in [-0.2, 0) is 4.79 Å². The Bertz CT molecular complexity index is 614. The summed E-state index contributed by atoms with van der Waals surface area (Å²) >= 11 is 3.45. The molecule has 124 valence electrons. The highest BCUT2D eigenvalue weighted by Gasteiger charge is 2.29. The molecule has 0 saturated carbocycles. The highest BCUT2D eigenvalue weighted by Crippen LogP contribution is 2.34. The number of nitrogens with zero attached hydrogens (tertiary/aromatic N) is 1. The standard InChI is InChI=1S/C16H19BrN2O4/c17-11-1-2-14-12(9-11)13(5-8-23-14)18-16(22)19-6-3-10(4-7-19)15(20)21/h1-2,9-10,13H,3-8H2,(H,18,22)(H,20,21). The lowest BCUT2D eigenvalue weighted by Gasteiger charge is -2.33. The summed E-state index contributed by atoms with van der Waals surface area (Å²) in [6.45, 7) is 1.54. The van der Waals surface area contributed by atoms with Gasteiger partial charge in [0, 0.05) is 29.5 Å². The summed E-state index contributed by atoms with van der Waals surface area (Å²) in [6, 6.07) is 5.57. The number of carbonyl (C=O) groups is 2. The second kappa shape index (κ2) is 6.78. The molecule has 3 rings (SSSR count). The molecule has 2 amide bonds. The quantitative estimate of drug-likeness (QED) is 0.823. The third kappa shape index (κ3) is 3.60. The molecule has 0 bridgehead atoms. The Balaban J connectivity index is 1.63. The van der Waals surface area contributed by atoms with E-state index in [9.17, 15) is 9.59 Å². The molecule has 2 heterocycles. The fourth-order valence-electron chi connectivity index (χ4n) is 3.09.